The Morgan fingerprint density at radius 2 is 1.92 bits per heavy atom. The molecule has 1 aliphatic heterocycles. The van der Waals surface area contributed by atoms with Gasteiger partial charge in [0.15, 0.2) is 0 Å². The van der Waals surface area contributed by atoms with Gasteiger partial charge in [0.1, 0.15) is 23.2 Å². The first-order valence-corrected chi connectivity index (χ1v) is 8.19. The molecule has 0 aromatic carbocycles. The number of aromatic nitrogens is 2. The maximum absolute atomic E-state index is 12.4. The number of rotatable bonds is 1. The van der Waals surface area contributed by atoms with Gasteiger partial charge >= 0.3 is 6.09 Å². The number of carbonyl (C=O) groups excluding carboxylic acids is 1. The van der Waals surface area contributed by atoms with Crippen LogP contribution in [0.25, 0.3) is 0 Å². The summed E-state index contributed by atoms with van der Waals surface area (Å²) >= 11 is 5.89. The molecule has 0 bridgehead atoms. The molecule has 0 unspecified atom stereocenters. The van der Waals surface area contributed by atoms with Crippen LogP contribution in [0.4, 0.5) is 10.6 Å². The second-order valence-electron chi connectivity index (χ2n) is 6.98. The lowest BCUT2D eigenvalue weighted by molar-refractivity contribution is 0.00560. The number of ether oxygens (including phenoxy) is 1. The van der Waals surface area contributed by atoms with Gasteiger partial charge in [-0.25, -0.2) is 14.8 Å². The summed E-state index contributed by atoms with van der Waals surface area (Å²) in [5.41, 5.74) is -0.310. The summed E-state index contributed by atoms with van der Waals surface area (Å²) in [6.07, 6.45) is -0.319. The van der Waals surface area contributed by atoms with E-state index in [1.807, 2.05) is 45.6 Å². The predicted molar refractivity (Wildman–Crippen MR) is 91.0 cm³/mol. The summed E-state index contributed by atoms with van der Waals surface area (Å²) in [5.74, 6) is 0.592. The number of piperazine rings is 1. The lowest BCUT2D eigenvalue weighted by Crippen LogP contribution is -2.59. The number of carbonyl (C=O) groups is 1. The van der Waals surface area contributed by atoms with Crippen LogP contribution >= 0.6 is 11.6 Å². The van der Waals surface area contributed by atoms with Crippen LogP contribution in [0.5, 0.6) is 0 Å². The standard InChI is InChI=1S/C16H22ClN5O2/c1-10-8-21(13-6-12(7-18)19-14(17)20-13)9-11(2)22(10)15(23)24-16(3,4)5/h6,10-11H,8-9H2,1-5H3/t10-,11-/m0/s1. The molecule has 0 spiro atoms. The van der Waals surface area contributed by atoms with Gasteiger partial charge in [0.25, 0.3) is 0 Å². The van der Waals surface area contributed by atoms with Gasteiger partial charge in [0.2, 0.25) is 5.28 Å². The SMILES string of the molecule is C[C@H]1CN(c2cc(C#N)nc(Cl)n2)C[C@H](C)N1C(=O)OC(C)(C)C. The van der Waals surface area contributed by atoms with Crippen molar-refractivity contribution in [3.8, 4) is 6.07 Å². The Balaban J connectivity index is 2.17. The van der Waals surface area contributed by atoms with Crippen LogP contribution in [0, 0.1) is 11.3 Å². The van der Waals surface area contributed by atoms with Crippen molar-refractivity contribution in [2.24, 2.45) is 0 Å². The van der Waals surface area contributed by atoms with E-state index in [4.69, 9.17) is 21.6 Å². The van der Waals surface area contributed by atoms with E-state index in [0.717, 1.165) is 0 Å². The van der Waals surface area contributed by atoms with Crippen molar-refractivity contribution < 1.29 is 9.53 Å². The molecule has 1 aromatic heterocycles. The first-order chi connectivity index (χ1) is 11.1. The minimum atomic E-state index is -0.532. The van der Waals surface area contributed by atoms with Crippen LogP contribution in [0.3, 0.4) is 0 Å². The second-order valence-corrected chi connectivity index (χ2v) is 7.32. The Hall–Kier alpha value is -2.07. The van der Waals surface area contributed by atoms with Gasteiger partial charge in [0.05, 0.1) is 12.1 Å². The second kappa shape index (κ2) is 6.81. The molecule has 1 aliphatic rings. The largest absolute Gasteiger partial charge is 0.444 e. The van der Waals surface area contributed by atoms with Crippen molar-refractivity contribution in [3.63, 3.8) is 0 Å². The number of nitrogens with zero attached hydrogens (tertiary/aromatic N) is 5. The molecule has 2 atom stereocenters. The van der Waals surface area contributed by atoms with E-state index in [1.165, 1.54) is 0 Å². The Morgan fingerprint density at radius 3 is 2.42 bits per heavy atom. The van der Waals surface area contributed by atoms with Gasteiger partial charge in [-0.1, -0.05) is 0 Å². The monoisotopic (exact) mass is 351 g/mol. The lowest BCUT2D eigenvalue weighted by Gasteiger charge is -2.44. The number of amides is 1. The van der Waals surface area contributed by atoms with Gasteiger partial charge in [-0.15, -0.1) is 0 Å². The van der Waals surface area contributed by atoms with Crippen LogP contribution < -0.4 is 4.90 Å². The molecular weight excluding hydrogens is 330 g/mol. The molecule has 8 heteroatoms. The van der Waals surface area contributed by atoms with Crippen LogP contribution in [0.2, 0.25) is 5.28 Å². The summed E-state index contributed by atoms with van der Waals surface area (Å²) in [4.78, 5) is 24.2. The molecule has 1 aromatic rings. The molecule has 1 amide bonds. The molecule has 2 heterocycles. The number of hydrogen-bond acceptors (Lipinski definition) is 6. The molecule has 0 radical (unpaired) electrons. The quantitative estimate of drug-likeness (QED) is 0.723. The molecule has 1 fully saturated rings. The fourth-order valence-electron chi connectivity index (χ4n) is 2.81. The molecule has 2 rings (SSSR count). The third kappa shape index (κ3) is 4.26. The van der Waals surface area contributed by atoms with E-state index < -0.39 is 5.60 Å². The highest BCUT2D eigenvalue weighted by molar-refractivity contribution is 6.28. The molecule has 130 valence electrons. The molecule has 1 saturated heterocycles. The van der Waals surface area contributed by atoms with Crippen molar-refractivity contribution in [1.29, 1.82) is 5.26 Å². The minimum Gasteiger partial charge on any atom is -0.444 e. The highest BCUT2D eigenvalue weighted by Crippen LogP contribution is 2.24. The summed E-state index contributed by atoms with van der Waals surface area (Å²) in [7, 11) is 0. The van der Waals surface area contributed by atoms with Crippen molar-refractivity contribution >= 4 is 23.5 Å². The van der Waals surface area contributed by atoms with E-state index in [9.17, 15) is 4.79 Å². The van der Waals surface area contributed by atoms with Crippen molar-refractivity contribution in [1.82, 2.24) is 14.9 Å². The van der Waals surface area contributed by atoms with Crippen LogP contribution in [-0.4, -0.2) is 51.7 Å². The number of anilines is 1. The van der Waals surface area contributed by atoms with Crippen LogP contribution in [0.15, 0.2) is 6.07 Å². The van der Waals surface area contributed by atoms with E-state index in [1.54, 1.807) is 11.0 Å². The van der Waals surface area contributed by atoms with E-state index in [2.05, 4.69) is 9.97 Å². The zero-order chi connectivity index (χ0) is 18.1. The van der Waals surface area contributed by atoms with E-state index in [-0.39, 0.29) is 29.2 Å². The normalized spacial score (nSPS) is 21.4. The first kappa shape index (κ1) is 18.3. The number of halogens is 1. The highest BCUT2D eigenvalue weighted by atomic mass is 35.5. The van der Waals surface area contributed by atoms with Crippen molar-refractivity contribution in [3.05, 3.63) is 17.0 Å². The number of hydrogen-bond donors (Lipinski definition) is 0. The number of nitriles is 1. The Morgan fingerprint density at radius 1 is 1.33 bits per heavy atom. The first-order valence-electron chi connectivity index (χ1n) is 7.81. The summed E-state index contributed by atoms with van der Waals surface area (Å²) in [6, 6.07) is 3.45. The smallest absolute Gasteiger partial charge is 0.410 e. The predicted octanol–water partition coefficient (Wildman–Crippen LogP) is 2.84. The highest BCUT2D eigenvalue weighted by Gasteiger charge is 2.36. The van der Waals surface area contributed by atoms with Crippen molar-refractivity contribution in [2.75, 3.05) is 18.0 Å². The minimum absolute atomic E-state index is 0.0407. The zero-order valence-corrected chi connectivity index (χ0v) is 15.3. The van der Waals surface area contributed by atoms with Gasteiger partial charge in [0, 0.05) is 19.2 Å². The molecule has 7 nitrogen and oxygen atoms in total. The van der Waals surface area contributed by atoms with Gasteiger partial charge < -0.3 is 9.64 Å². The molecule has 24 heavy (non-hydrogen) atoms. The maximum Gasteiger partial charge on any atom is 0.410 e. The van der Waals surface area contributed by atoms with Gasteiger partial charge in [-0.2, -0.15) is 5.26 Å². The fourth-order valence-corrected chi connectivity index (χ4v) is 2.99. The van der Waals surface area contributed by atoms with Crippen LogP contribution in [-0.2, 0) is 4.74 Å². The average Bonchev–Trinajstić information content (AvgIpc) is 2.43. The molecular formula is C16H22ClN5O2. The summed E-state index contributed by atoms with van der Waals surface area (Å²) in [6.45, 7) is 10.6. The van der Waals surface area contributed by atoms with Gasteiger partial charge in [-0.3, -0.25) is 4.90 Å². The Bertz CT molecular complexity index is 655. The molecule has 0 N–H and O–H groups in total. The zero-order valence-electron chi connectivity index (χ0n) is 14.6. The summed E-state index contributed by atoms with van der Waals surface area (Å²) < 4.78 is 5.49. The maximum atomic E-state index is 12.4. The molecule has 0 aliphatic carbocycles. The topological polar surface area (TPSA) is 82.4 Å². The average molecular weight is 352 g/mol. The van der Waals surface area contributed by atoms with E-state index >= 15 is 0 Å². The van der Waals surface area contributed by atoms with E-state index in [0.29, 0.717) is 18.9 Å². The lowest BCUT2D eigenvalue weighted by atomic mass is 10.1. The van der Waals surface area contributed by atoms with Crippen LogP contribution in [0.1, 0.15) is 40.3 Å². The fraction of sp³-hybridized carbons (Fsp3) is 0.625. The third-order valence-corrected chi connectivity index (χ3v) is 3.82. The molecule has 0 saturated carbocycles. The summed E-state index contributed by atoms with van der Waals surface area (Å²) in [5, 5.41) is 9.07. The van der Waals surface area contributed by atoms with Gasteiger partial charge in [-0.05, 0) is 46.2 Å². The third-order valence-electron chi connectivity index (χ3n) is 3.65. The Labute approximate surface area is 147 Å². The Kier molecular flexibility index (Phi) is 5.19. The van der Waals surface area contributed by atoms with Crippen molar-refractivity contribution in [2.45, 2.75) is 52.3 Å².